The maximum Gasteiger partial charge on any atom is 0.293 e. The van der Waals surface area contributed by atoms with Gasteiger partial charge in [0, 0.05) is 42.4 Å². The smallest absolute Gasteiger partial charge is 0.293 e. The monoisotopic (exact) mass is 417 g/mol. The zero-order valence-electron chi connectivity index (χ0n) is 15.2. The van der Waals surface area contributed by atoms with Crippen LogP contribution in [-0.2, 0) is 4.74 Å². The fourth-order valence-electron chi connectivity index (χ4n) is 2.42. The number of halogens is 1. The largest absolute Gasteiger partial charge is 0.383 e. The molecule has 1 heterocycles. The molecule has 11 heteroatoms. The van der Waals surface area contributed by atoms with Gasteiger partial charge < -0.3 is 10.1 Å². The van der Waals surface area contributed by atoms with Crippen molar-refractivity contribution in [1.29, 1.82) is 0 Å². The van der Waals surface area contributed by atoms with E-state index in [9.17, 15) is 19.3 Å². The Labute approximate surface area is 168 Å². The lowest BCUT2D eigenvalue weighted by atomic mass is 10.1. The molecule has 0 fully saturated rings. The summed E-state index contributed by atoms with van der Waals surface area (Å²) in [6.07, 6.45) is 0. The van der Waals surface area contributed by atoms with Gasteiger partial charge in [-0.05, 0) is 36.4 Å². The fraction of sp³-hybridized carbons (Fsp3) is 0.167. The number of carbonyl (C=O) groups is 1. The minimum absolute atomic E-state index is 0.104. The highest BCUT2D eigenvalue weighted by Crippen LogP contribution is 2.27. The van der Waals surface area contributed by atoms with Crippen molar-refractivity contribution in [3.05, 3.63) is 64.0 Å². The number of amides is 1. The second kappa shape index (κ2) is 9.17. The van der Waals surface area contributed by atoms with Crippen LogP contribution in [0.2, 0.25) is 0 Å². The summed E-state index contributed by atoms with van der Waals surface area (Å²) in [5.74, 6) is -0.591. The Hall–Kier alpha value is -3.44. The van der Waals surface area contributed by atoms with E-state index in [1.54, 1.807) is 0 Å². The van der Waals surface area contributed by atoms with E-state index < -0.39 is 10.8 Å². The Morgan fingerprint density at radius 1 is 1.28 bits per heavy atom. The lowest BCUT2D eigenvalue weighted by molar-refractivity contribution is -0.384. The lowest BCUT2D eigenvalue weighted by Crippen LogP contribution is -2.13. The van der Waals surface area contributed by atoms with Crippen LogP contribution in [0, 0.1) is 15.9 Å². The molecule has 1 aromatic heterocycles. The van der Waals surface area contributed by atoms with Gasteiger partial charge in [-0.3, -0.25) is 20.2 Å². The number of anilines is 2. The van der Waals surface area contributed by atoms with Crippen molar-refractivity contribution < 1.29 is 18.8 Å². The topological polar surface area (TPSA) is 119 Å². The van der Waals surface area contributed by atoms with Crippen molar-refractivity contribution in [2.75, 3.05) is 30.9 Å². The summed E-state index contributed by atoms with van der Waals surface area (Å²) in [5, 5.41) is 17.0. The van der Waals surface area contributed by atoms with E-state index in [0.717, 1.165) is 11.5 Å². The van der Waals surface area contributed by atoms with Crippen LogP contribution in [0.15, 0.2) is 42.5 Å². The van der Waals surface area contributed by atoms with Gasteiger partial charge in [0.2, 0.25) is 5.13 Å². The molecule has 0 aliphatic rings. The first-order valence-electron chi connectivity index (χ1n) is 8.40. The molecule has 0 atom stereocenters. The van der Waals surface area contributed by atoms with Crippen LogP contribution in [-0.4, -0.2) is 40.4 Å². The van der Waals surface area contributed by atoms with Crippen molar-refractivity contribution in [1.82, 2.24) is 9.36 Å². The highest BCUT2D eigenvalue weighted by molar-refractivity contribution is 7.10. The number of hydrogen-bond acceptors (Lipinski definition) is 8. The van der Waals surface area contributed by atoms with E-state index in [1.165, 1.54) is 49.6 Å². The third kappa shape index (κ3) is 5.09. The molecule has 0 saturated heterocycles. The maximum atomic E-state index is 13.0. The summed E-state index contributed by atoms with van der Waals surface area (Å²) < 4.78 is 22.1. The molecule has 150 valence electrons. The molecule has 0 bridgehead atoms. The van der Waals surface area contributed by atoms with Gasteiger partial charge in [0.25, 0.3) is 11.6 Å². The molecule has 3 aromatic rings. The molecule has 2 N–H and O–H groups in total. The summed E-state index contributed by atoms with van der Waals surface area (Å²) in [7, 11) is 1.53. The number of nitrogens with one attached hydrogen (secondary N) is 2. The van der Waals surface area contributed by atoms with Gasteiger partial charge in [0.05, 0.1) is 11.5 Å². The highest BCUT2D eigenvalue weighted by Gasteiger charge is 2.18. The molecule has 0 saturated carbocycles. The van der Waals surface area contributed by atoms with Gasteiger partial charge >= 0.3 is 0 Å². The number of benzene rings is 2. The lowest BCUT2D eigenvalue weighted by Gasteiger charge is -2.08. The van der Waals surface area contributed by atoms with E-state index in [2.05, 4.69) is 20.0 Å². The van der Waals surface area contributed by atoms with Gasteiger partial charge in [-0.2, -0.15) is 9.36 Å². The Balaban J connectivity index is 1.74. The average Bonchev–Trinajstić information content (AvgIpc) is 3.17. The summed E-state index contributed by atoms with van der Waals surface area (Å²) in [6.45, 7) is 0.770. The number of nitro groups is 1. The quantitative estimate of drug-likeness (QED) is 0.327. The third-order valence-electron chi connectivity index (χ3n) is 3.83. The molecular formula is C18H16FN5O4S. The summed E-state index contributed by atoms with van der Waals surface area (Å²) in [5.41, 5.74) is 0.772. The predicted octanol–water partition coefficient (Wildman–Crippen LogP) is 3.56. The van der Waals surface area contributed by atoms with Gasteiger partial charge in [0.15, 0.2) is 5.82 Å². The first-order chi connectivity index (χ1) is 14.0. The van der Waals surface area contributed by atoms with Crippen LogP contribution >= 0.6 is 11.5 Å². The molecule has 0 unspecified atom stereocenters. The molecule has 0 radical (unpaired) electrons. The highest BCUT2D eigenvalue weighted by atomic mass is 32.1. The van der Waals surface area contributed by atoms with E-state index in [1.807, 2.05) is 0 Å². The molecular weight excluding hydrogens is 401 g/mol. The molecule has 0 aliphatic heterocycles. The second-order valence-corrected chi connectivity index (χ2v) is 6.54. The zero-order valence-corrected chi connectivity index (χ0v) is 16.0. The van der Waals surface area contributed by atoms with Crippen molar-refractivity contribution in [3.63, 3.8) is 0 Å². The summed E-state index contributed by atoms with van der Waals surface area (Å²) in [6, 6.07) is 9.76. The maximum absolute atomic E-state index is 13.0. The Bertz CT molecular complexity index is 1030. The van der Waals surface area contributed by atoms with Crippen LogP contribution in [0.25, 0.3) is 11.4 Å². The predicted molar refractivity (Wildman–Crippen MR) is 107 cm³/mol. The van der Waals surface area contributed by atoms with E-state index in [4.69, 9.17) is 4.74 Å². The van der Waals surface area contributed by atoms with Gasteiger partial charge in [-0.1, -0.05) is 0 Å². The van der Waals surface area contributed by atoms with E-state index >= 15 is 0 Å². The van der Waals surface area contributed by atoms with Crippen molar-refractivity contribution in [2.45, 2.75) is 0 Å². The first kappa shape index (κ1) is 20.3. The third-order valence-corrected chi connectivity index (χ3v) is 4.46. The first-order valence-corrected chi connectivity index (χ1v) is 9.17. The SMILES string of the molecule is COCCNc1ccc(C(=O)Nc2nc(-c3ccc(F)cc3)ns2)cc1[N+](=O)[O-]. The number of methoxy groups -OCH3 is 1. The number of carbonyl (C=O) groups excluding carboxylic acids is 1. The van der Waals surface area contributed by atoms with Crippen LogP contribution < -0.4 is 10.6 Å². The van der Waals surface area contributed by atoms with Crippen LogP contribution in [0.4, 0.5) is 20.9 Å². The number of hydrogen-bond donors (Lipinski definition) is 2. The molecule has 0 aliphatic carbocycles. The van der Waals surface area contributed by atoms with Gasteiger partial charge in [0.1, 0.15) is 11.5 Å². The van der Waals surface area contributed by atoms with Crippen molar-refractivity contribution >= 4 is 33.9 Å². The zero-order chi connectivity index (χ0) is 20.8. The van der Waals surface area contributed by atoms with Crippen molar-refractivity contribution in [2.24, 2.45) is 0 Å². The van der Waals surface area contributed by atoms with E-state index in [-0.39, 0.29) is 27.9 Å². The minimum Gasteiger partial charge on any atom is -0.383 e. The molecule has 29 heavy (non-hydrogen) atoms. The summed E-state index contributed by atoms with van der Waals surface area (Å²) in [4.78, 5) is 27.4. The van der Waals surface area contributed by atoms with Crippen LogP contribution in [0.1, 0.15) is 10.4 Å². The standard InChI is InChI=1S/C18H16FN5O4S/c1-28-9-8-20-14-7-4-12(10-15(14)24(26)27)17(25)22-18-21-16(23-29-18)11-2-5-13(19)6-3-11/h2-7,10,20H,8-9H2,1H3,(H,21,22,23,25). The number of nitro benzene ring substituents is 1. The summed E-state index contributed by atoms with van der Waals surface area (Å²) >= 11 is 0.952. The van der Waals surface area contributed by atoms with Gasteiger partial charge in [-0.25, -0.2) is 4.39 Å². The molecule has 2 aromatic carbocycles. The molecule has 3 rings (SSSR count). The normalized spacial score (nSPS) is 10.6. The Morgan fingerprint density at radius 3 is 2.72 bits per heavy atom. The number of rotatable bonds is 8. The molecule has 0 spiro atoms. The number of ether oxygens (including phenoxy) is 1. The van der Waals surface area contributed by atoms with E-state index in [0.29, 0.717) is 24.5 Å². The fourth-order valence-corrected chi connectivity index (χ4v) is 3.01. The second-order valence-electron chi connectivity index (χ2n) is 5.79. The molecule has 9 nitrogen and oxygen atoms in total. The molecule has 1 amide bonds. The van der Waals surface area contributed by atoms with Crippen LogP contribution in [0.3, 0.4) is 0 Å². The van der Waals surface area contributed by atoms with Crippen molar-refractivity contribution in [3.8, 4) is 11.4 Å². The minimum atomic E-state index is -0.566. The van der Waals surface area contributed by atoms with Gasteiger partial charge in [-0.15, -0.1) is 0 Å². The van der Waals surface area contributed by atoms with Crippen LogP contribution in [0.5, 0.6) is 0 Å². The number of nitrogens with zero attached hydrogens (tertiary/aromatic N) is 3. The Morgan fingerprint density at radius 2 is 2.03 bits per heavy atom. The average molecular weight is 417 g/mol. The Kier molecular flexibility index (Phi) is 6.42. The number of aromatic nitrogens is 2.